The summed E-state index contributed by atoms with van der Waals surface area (Å²) in [6, 6.07) is 3.96. The van der Waals surface area contributed by atoms with E-state index >= 15 is 0 Å². The van der Waals surface area contributed by atoms with Crippen molar-refractivity contribution in [3.8, 4) is 0 Å². The number of likely N-dealkylation sites (N-methyl/N-ethyl adjacent to an activating group) is 1. The zero-order valence-corrected chi connectivity index (χ0v) is 12.4. The van der Waals surface area contributed by atoms with Gasteiger partial charge in [0.2, 0.25) is 0 Å². The van der Waals surface area contributed by atoms with Gasteiger partial charge in [0.15, 0.2) is 0 Å². The van der Waals surface area contributed by atoms with Crippen LogP contribution in [0.25, 0.3) is 0 Å². The summed E-state index contributed by atoms with van der Waals surface area (Å²) in [6.45, 7) is 2.61. The Kier molecular flexibility index (Phi) is 5.35. The smallest absolute Gasteiger partial charge is 0.389 e. The Labute approximate surface area is 121 Å². The highest BCUT2D eigenvalue weighted by molar-refractivity contribution is 7.80. The maximum atomic E-state index is 12.8. The first-order valence-electron chi connectivity index (χ1n) is 6.04. The third kappa shape index (κ3) is 4.35. The molecule has 1 rings (SSSR count). The van der Waals surface area contributed by atoms with Gasteiger partial charge in [0.05, 0.1) is 5.56 Å². The quantitative estimate of drug-likeness (QED) is 0.821. The van der Waals surface area contributed by atoms with Crippen LogP contribution in [0.15, 0.2) is 18.2 Å². The highest BCUT2D eigenvalue weighted by Crippen LogP contribution is 2.33. The van der Waals surface area contributed by atoms with Gasteiger partial charge in [0.25, 0.3) is 0 Å². The van der Waals surface area contributed by atoms with E-state index < -0.39 is 11.7 Å². The van der Waals surface area contributed by atoms with Gasteiger partial charge in [0, 0.05) is 23.8 Å². The van der Waals surface area contributed by atoms with Gasteiger partial charge in [-0.3, -0.25) is 0 Å². The van der Waals surface area contributed by atoms with Crippen LogP contribution in [0.5, 0.6) is 0 Å². The first-order chi connectivity index (χ1) is 9.12. The molecule has 0 aliphatic heterocycles. The molecule has 3 nitrogen and oxygen atoms in total. The molecule has 1 atom stereocenters. The van der Waals surface area contributed by atoms with E-state index in [-0.39, 0.29) is 16.6 Å². The van der Waals surface area contributed by atoms with Crippen LogP contribution in [0.3, 0.4) is 0 Å². The molecule has 0 saturated heterocycles. The van der Waals surface area contributed by atoms with E-state index in [2.05, 4.69) is 5.32 Å². The van der Waals surface area contributed by atoms with Crippen molar-refractivity contribution in [2.75, 3.05) is 26.0 Å². The van der Waals surface area contributed by atoms with E-state index in [9.17, 15) is 13.2 Å². The fraction of sp³-hybridized carbons (Fsp3) is 0.462. The third-order valence-corrected chi connectivity index (χ3v) is 3.29. The largest absolute Gasteiger partial charge is 0.417 e. The maximum Gasteiger partial charge on any atom is 0.417 e. The number of hydrogen-bond acceptors (Lipinski definition) is 3. The second-order valence-corrected chi connectivity index (χ2v) is 5.26. The number of nitrogens with one attached hydrogen (secondary N) is 1. The minimum atomic E-state index is -4.46. The van der Waals surface area contributed by atoms with E-state index in [0.29, 0.717) is 12.2 Å². The molecule has 0 amide bonds. The van der Waals surface area contributed by atoms with E-state index in [0.717, 1.165) is 6.07 Å². The monoisotopic (exact) mass is 305 g/mol. The van der Waals surface area contributed by atoms with E-state index in [4.69, 9.17) is 18.0 Å². The molecular weight excluding hydrogens is 287 g/mol. The SMILES string of the molecule is CC(CNc1ccc(C(F)(F)F)c(C(N)=S)c1)N(C)C. The van der Waals surface area contributed by atoms with E-state index in [1.165, 1.54) is 12.1 Å². The second-order valence-electron chi connectivity index (χ2n) is 4.82. The molecule has 0 heterocycles. The van der Waals surface area contributed by atoms with Crippen LogP contribution in [-0.4, -0.2) is 36.6 Å². The molecule has 7 heteroatoms. The van der Waals surface area contributed by atoms with Crippen molar-refractivity contribution < 1.29 is 13.2 Å². The number of nitrogens with zero attached hydrogens (tertiary/aromatic N) is 1. The summed E-state index contributed by atoms with van der Waals surface area (Å²) in [5.41, 5.74) is 4.98. The Morgan fingerprint density at radius 3 is 2.45 bits per heavy atom. The minimum Gasteiger partial charge on any atom is -0.389 e. The van der Waals surface area contributed by atoms with Crippen LogP contribution in [-0.2, 0) is 6.18 Å². The van der Waals surface area contributed by atoms with Gasteiger partial charge < -0.3 is 16.0 Å². The molecule has 0 radical (unpaired) electrons. The van der Waals surface area contributed by atoms with Gasteiger partial charge in [-0.05, 0) is 39.2 Å². The Morgan fingerprint density at radius 1 is 1.40 bits per heavy atom. The lowest BCUT2D eigenvalue weighted by Gasteiger charge is -2.21. The summed E-state index contributed by atoms with van der Waals surface area (Å²) >= 11 is 4.70. The lowest BCUT2D eigenvalue weighted by atomic mass is 10.1. The lowest BCUT2D eigenvalue weighted by molar-refractivity contribution is -0.137. The molecule has 0 saturated carbocycles. The van der Waals surface area contributed by atoms with Crippen molar-refractivity contribution in [1.29, 1.82) is 0 Å². The normalized spacial score (nSPS) is 13.3. The summed E-state index contributed by atoms with van der Waals surface area (Å²) in [5, 5.41) is 3.08. The zero-order valence-electron chi connectivity index (χ0n) is 11.6. The number of benzene rings is 1. The van der Waals surface area contributed by atoms with Crippen LogP contribution < -0.4 is 11.1 Å². The Bertz CT molecular complexity index is 486. The zero-order chi connectivity index (χ0) is 15.5. The summed E-state index contributed by atoms with van der Waals surface area (Å²) in [4.78, 5) is 1.74. The van der Waals surface area contributed by atoms with Crippen molar-refractivity contribution in [3.05, 3.63) is 29.3 Å². The predicted molar refractivity (Wildman–Crippen MR) is 79.0 cm³/mol. The van der Waals surface area contributed by atoms with Crippen molar-refractivity contribution in [1.82, 2.24) is 4.90 Å². The predicted octanol–water partition coefficient (Wildman–Crippen LogP) is 2.70. The fourth-order valence-corrected chi connectivity index (χ4v) is 1.72. The van der Waals surface area contributed by atoms with Gasteiger partial charge >= 0.3 is 6.18 Å². The summed E-state index contributed by atoms with van der Waals surface area (Å²) in [6.07, 6.45) is -4.46. The van der Waals surface area contributed by atoms with E-state index in [1.807, 2.05) is 25.9 Å². The van der Waals surface area contributed by atoms with Crippen molar-refractivity contribution in [2.24, 2.45) is 5.73 Å². The van der Waals surface area contributed by atoms with E-state index in [1.54, 1.807) is 0 Å². The molecule has 0 bridgehead atoms. The van der Waals surface area contributed by atoms with Gasteiger partial charge in [-0.25, -0.2) is 0 Å². The van der Waals surface area contributed by atoms with Crippen LogP contribution >= 0.6 is 12.2 Å². The van der Waals surface area contributed by atoms with Gasteiger partial charge in [-0.1, -0.05) is 12.2 Å². The molecule has 1 unspecified atom stereocenters. The van der Waals surface area contributed by atoms with Crippen molar-refractivity contribution >= 4 is 22.9 Å². The maximum absolute atomic E-state index is 12.8. The number of alkyl halides is 3. The second kappa shape index (κ2) is 6.41. The molecule has 1 aromatic rings. The number of nitrogens with two attached hydrogens (primary N) is 1. The minimum absolute atomic E-state index is 0.157. The summed E-state index contributed by atoms with van der Waals surface area (Å²) < 4.78 is 38.5. The van der Waals surface area contributed by atoms with Gasteiger partial charge in [-0.2, -0.15) is 13.2 Å². The molecule has 20 heavy (non-hydrogen) atoms. The molecule has 0 aliphatic carbocycles. The van der Waals surface area contributed by atoms with Crippen molar-refractivity contribution in [3.63, 3.8) is 0 Å². The molecule has 0 spiro atoms. The fourth-order valence-electron chi connectivity index (χ4n) is 1.55. The Hall–Kier alpha value is -1.34. The molecular formula is C13H18F3N3S. The number of hydrogen-bond donors (Lipinski definition) is 2. The third-order valence-electron chi connectivity index (χ3n) is 3.07. The van der Waals surface area contributed by atoms with Crippen molar-refractivity contribution in [2.45, 2.75) is 19.1 Å². The molecule has 0 fully saturated rings. The highest BCUT2D eigenvalue weighted by atomic mass is 32.1. The molecule has 0 aliphatic rings. The highest BCUT2D eigenvalue weighted by Gasteiger charge is 2.34. The Morgan fingerprint density at radius 2 is 2.00 bits per heavy atom. The molecule has 0 aromatic heterocycles. The average molecular weight is 305 g/mol. The first kappa shape index (κ1) is 16.7. The van der Waals surface area contributed by atoms with Crippen LogP contribution in [0, 0.1) is 0 Å². The molecule has 3 N–H and O–H groups in total. The molecule has 1 aromatic carbocycles. The Balaban J connectivity index is 2.97. The summed E-state index contributed by atoms with van der Waals surface area (Å²) in [5.74, 6) is 0. The van der Waals surface area contributed by atoms with Gasteiger partial charge in [0.1, 0.15) is 4.99 Å². The number of anilines is 1. The lowest BCUT2D eigenvalue weighted by Crippen LogP contribution is -2.31. The molecule has 112 valence electrons. The first-order valence-corrected chi connectivity index (χ1v) is 6.45. The van der Waals surface area contributed by atoms with Crippen LogP contribution in [0.4, 0.5) is 18.9 Å². The summed E-state index contributed by atoms with van der Waals surface area (Å²) in [7, 11) is 3.86. The number of thiocarbonyl (C=S) groups is 1. The van der Waals surface area contributed by atoms with Crippen LogP contribution in [0.1, 0.15) is 18.1 Å². The topological polar surface area (TPSA) is 41.3 Å². The standard InChI is InChI=1S/C13H18F3N3S/c1-8(19(2)3)7-18-9-4-5-11(13(14,15)16)10(6-9)12(17)20/h4-6,8,18H,7H2,1-3H3,(H2,17,20). The van der Waals surface area contributed by atoms with Crippen LogP contribution in [0.2, 0.25) is 0 Å². The number of halogens is 3. The average Bonchev–Trinajstić information content (AvgIpc) is 2.34. The van der Waals surface area contributed by atoms with Gasteiger partial charge in [-0.15, -0.1) is 0 Å². The number of rotatable bonds is 5.